The number of hydrogen-bond acceptors (Lipinski definition) is 1. The molecule has 0 saturated heterocycles. The van der Waals surface area contributed by atoms with Crippen molar-refractivity contribution in [2.45, 2.75) is 13.8 Å². The zero-order chi connectivity index (χ0) is 3.41. The normalized spacial score (nSPS) is 7.60. The van der Waals surface area contributed by atoms with Crippen LogP contribution in [0.3, 0.4) is 0 Å². The smallest absolute Gasteiger partial charge is 0.0470 e. The lowest BCUT2D eigenvalue weighted by Crippen LogP contribution is -1.26. The third kappa shape index (κ3) is 21.8. The van der Waals surface area contributed by atoms with Gasteiger partial charge in [0.1, 0.15) is 0 Å². The summed E-state index contributed by atoms with van der Waals surface area (Å²) in [4.78, 5) is 0. The van der Waals surface area contributed by atoms with Crippen LogP contribution in [0.1, 0.15) is 13.8 Å². The van der Waals surface area contributed by atoms with Crippen molar-refractivity contribution in [3.8, 4) is 0 Å². The van der Waals surface area contributed by atoms with Crippen LogP contribution in [0.15, 0.2) is 12.2 Å². The van der Waals surface area contributed by atoms with E-state index in [-0.39, 0.29) is 6.15 Å². The maximum atomic E-state index is 2.00. The first-order chi connectivity index (χ1) is 1.91. The summed E-state index contributed by atoms with van der Waals surface area (Å²) in [5, 5.41) is 0. The summed E-state index contributed by atoms with van der Waals surface area (Å²) in [5.74, 6) is 0. The average Bonchev–Trinajstić information content (AvgIpc) is 1.37. The van der Waals surface area contributed by atoms with E-state index < -0.39 is 0 Å². The van der Waals surface area contributed by atoms with Gasteiger partial charge in [0, 0.05) is 0 Å². The van der Waals surface area contributed by atoms with E-state index in [1.807, 2.05) is 26.0 Å². The van der Waals surface area contributed by atoms with Crippen molar-refractivity contribution < 1.29 is 0 Å². The molecule has 0 bridgehead atoms. The van der Waals surface area contributed by atoms with Gasteiger partial charge in [-0.15, -0.1) is 0 Å². The molecule has 0 aliphatic heterocycles. The predicted molar refractivity (Wildman–Crippen MR) is 25.5 cm³/mol. The second kappa shape index (κ2) is 9.33. The molecule has 0 aliphatic rings. The van der Waals surface area contributed by atoms with E-state index in [1.54, 1.807) is 0 Å². The number of allylic oxidation sites excluding steroid dienone is 2. The molecule has 0 aliphatic carbocycles. The van der Waals surface area contributed by atoms with Crippen molar-refractivity contribution in [2.75, 3.05) is 0 Å². The minimum atomic E-state index is 0. The molecule has 32 valence electrons. The van der Waals surface area contributed by atoms with Gasteiger partial charge in [-0.2, -0.15) is 0 Å². The van der Waals surface area contributed by atoms with Gasteiger partial charge in [0.05, 0.1) is 0 Å². The molecule has 0 saturated carbocycles. The molecule has 1 nitrogen and oxygen atoms in total. The molecule has 0 spiro atoms. The van der Waals surface area contributed by atoms with E-state index in [1.165, 1.54) is 0 Å². The number of hydrogen-bond donors (Lipinski definition) is 1. The van der Waals surface area contributed by atoms with Gasteiger partial charge in [0.2, 0.25) is 0 Å². The molecule has 0 amide bonds. The van der Waals surface area contributed by atoms with Crippen molar-refractivity contribution in [1.29, 1.82) is 0 Å². The van der Waals surface area contributed by atoms with Gasteiger partial charge in [-0.05, 0) is 13.8 Å². The largest absolute Gasteiger partial charge is 0.344 e. The van der Waals surface area contributed by atoms with Crippen LogP contribution in [0.2, 0.25) is 0 Å². The molecular weight excluding hydrogens is 62.1 g/mol. The Hall–Kier alpha value is -0.300. The molecular formula is C4H11N. The van der Waals surface area contributed by atoms with Crippen LogP contribution in [0.5, 0.6) is 0 Å². The van der Waals surface area contributed by atoms with Gasteiger partial charge in [-0.25, -0.2) is 0 Å². The Morgan fingerprint density at radius 2 is 1.20 bits per heavy atom. The summed E-state index contributed by atoms with van der Waals surface area (Å²) in [5.41, 5.74) is 0. The van der Waals surface area contributed by atoms with Gasteiger partial charge in [-0.1, -0.05) is 12.2 Å². The molecule has 0 heterocycles. The Kier molecular flexibility index (Phi) is 16.5. The Morgan fingerprint density at radius 3 is 1.20 bits per heavy atom. The molecule has 3 N–H and O–H groups in total. The highest BCUT2D eigenvalue weighted by molar-refractivity contribution is 4.68. The zero-order valence-electron chi connectivity index (χ0n) is 3.86. The van der Waals surface area contributed by atoms with Gasteiger partial charge >= 0.3 is 0 Å². The van der Waals surface area contributed by atoms with Crippen molar-refractivity contribution in [1.82, 2.24) is 6.15 Å². The third-order valence-electron chi connectivity index (χ3n) is 0.333. The van der Waals surface area contributed by atoms with Gasteiger partial charge in [-0.3, -0.25) is 0 Å². The monoisotopic (exact) mass is 73.1 g/mol. The van der Waals surface area contributed by atoms with Crippen molar-refractivity contribution in [3.63, 3.8) is 0 Å². The van der Waals surface area contributed by atoms with Gasteiger partial charge < -0.3 is 6.15 Å². The lowest BCUT2D eigenvalue weighted by Gasteiger charge is -1.49. The Morgan fingerprint density at radius 1 is 1.00 bits per heavy atom. The fraction of sp³-hybridized carbons (Fsp3) is 0.500. The second-order valence-corrected chi connectivity index (χ2v) is 0.667. The first-order valence-electron chi connectivity index (χ1n) is 1.49. The summed E-state index contributed by atoms with van der Waals surface area (Å²) < 4.78 is 0. The summed E-state index contributed by atoms with van der Waals surface area (Å²) >= 11 is 0. The van der Waals surface area contributed by atoms with Crippen LogP contribution >= 0.6 is 0 Å². The minimum Gasteiger partial charge on any atom is -0.344 e. The lowest BCUT2D eigenvalue weighted by molar-refractivity contribution is 1.64. The topological polar surface area (TPSA) is 35.0 Å². The maximum Gasteiger partial charge on any atom is -0.0470 e. The van der Waals surface area contributed by atoms with E-state index >= 15 is 0 Å². The third-order valence-corrected chi connectivity index (χ3v) is 0.333. The van der Waals surface area contributed by atoms with E-state index in [0.29, 0.717) is 0 Å². The van der Waals surface area contributed by atoms with E-state index in [4.69, 9.17) is 0 Å². The van der Waals surface area contributed by atoms with Crippen LogP contribution in [-0.2, 0) is 0 Å². The molecule has 0 fully saturated rings. The summed E-state index contributed by atoms with van der Waals surface area (Å²) in [6.07, 6.45) is 4.00. The maximum absolute atomic E-state index is 2.00. The summed E-state index contributed by atoms with van der Waals surface area (Å²) in [7, 11) is 0. The van der Waals surface area contributed by atoms with Crippen LogP contribution in [0, 0.1) is 0 Å². The predicted octanol–water partition coefficient (Wildman–Crippen LogP) is 1.74. The highest BCUT2D eigenvalue weighted by Gasteiger charge is 1.34. The Balaban J connectivity index is 0. The SMILES string of the molecule is CC=CC.N. The quantitative estimate of drug-likeness (QED) is 0.435. The Bertz CT molecular complexity index is 18.8. The Labute approximate surface area is 33.3 Å². The van der Waals surface area contributed by atoms with E-state index in [2.05, 4.69) is 0 Å². The average molecular weight is 73.1 g/mol. The minimum absolute atomic E-state index is 0. The van der Waals surface area contributed by atoms with Crippen LogP contribution in [-0.4, -0.2) is 0 Å². The fourth-order valence-corrected chi connectivity index (χ4v) is 0. The molecule has 1 heteroatoms. The van der Waals surface area contributed by atoms with Crippen molar-refractivity contribution in [3.05, 3.63) is 12.2 Å². The zero-order valence-corrected chi connectivity index (χ0v) is 3.86. The van der Waals surface area contributed by atoms with Crippen molar-refractivity contribution in [2.24, 2.45) is 0 Å². The lowest BCUT2D eigenvalue weighted by atomic mass is 10.6. The van der Waals surface area contributed by atoms with E-state index in [9.17, 15) is 0 Å². The van der Waals surface area contributed by atoms with Crippen LogP contribution in [0.25, 0.3) is 0 Å². The molecule has 0 aromatic heterocycles. The number of rotatable bonds is 0. The summed E-state index contributed by atoms with van der Waals surface area (Å²) in [6, 6.07) is 0. The van der Waals surface area contributed by atoms with Gasteiger partial charge in [0.25, 0.3) is 0 Å². The first-order valence-corrected chi connectivity index (χ1v) is 1.49. The molecule has 0 atom stereocenters. The molecule has 0 rings (SSSR count). The van der Waals surface area contributed by atoms with E-state index in [0.717, 1.165) is 0 Å². The standard InChI is InChI=1S/C4H8.H3N/c1-3-4-2;/h3-4H,1-2H3;1H3. The van der Waals surface area contributed by atoms with Crippen LogP contribution in [0.4, 0.5) is 0 Å². The first kappa shape index (κ1) is 8.83. The van der Waals surface area contributed by atoms with Gasteiger partial charge in [0.15, 0.2) is 0 Å². The van der Waals surface area contributed by atoms with Crippen LogP contribution < -0.4 is 6.15 Å². The molecule has 5 heavy (non-hydrogen) atoms. The summed E-state index contributed by atoms with van der Waals surface area (Å²) in [6.45, 7) is 4.00. The fourth-order valence-electron chi connectivity index (χ4n) is 0. The second-order valence-electron chi connectivity index (χ2n) is 0.667. The molecule has 0 aromatic carbocycles. The molecule has 0 unspecified atom stereocenters. The molecule has 0 aromatic rings. The van der Waals surface area contributed by atoms with Crippen molar-refractivity contribution >= 4 is 0 Å². The highest BCUT2D eigenvalue weighted by Crippen LogP contribution is 1.57. The highest BCUT2D eigenvalue weighted by atomic mass is 14.0. The molecule has 0 radical (unpaired) electrons.